The fourth-order valence-electron chi connectivity index (χ4n) is 3.94. The van der Waals surface area contributed by atoms with Crippen molar-refractivity contribution in [2.24, 2.45) is 0 Å². The van der Waals surface area contributed by atoms with E-state index in [2.05, 4.69) is 88.7 Å². The summed E-state index contributed by atoms with van der Waals surface area (Å²) in [6.45, 7) is 4.13. The average molecular weight is 597 g/mol. The largest absolute Gasteiger partial charge is 4.00 e. The molecule has 0 spiro atoms. The summed E-state index contributed by atoms with van der Waals surface area (Å²) in [5.74, 6) is 0. The Balaban J connectivity index is 0.00000245. The van der Waals surface area contributed by atoms with Gasteiger partial charge < -0.3 is 19.6 Å². The first kappa shape index (κ1) is 22.3. The molecule has 0 bridgehead atoms. The van der Waals surface area contributed by atoms with E-state index >= 15 is 0 Å². The van der Waals surface area contributed by atoms with Gasteiger partial charge in [-0.25, -0.2) is 0 Å². The van der Waals surface area contributed by atoms with Crippen LogP contribution in [0.2, 0.25) is 0 Å². The molecule has 2 heterocycles. The third-order valence-corrected chi connectivity index (χ3v) is 5.45. The molecular formula is C26H23BN4Pt. The molecule has 3 aromatic carbocycles. The zero-order valence-corrected chi connectivity index (χ0v) is 20.3. The Labute approximate surface area is 205 Å². The molecular weight excluding hydrogens is 574 g/mol. The normalized spacial score (nSPS) is 14.8. The van der Waals surface area contributed by atoms with Crippen LogP contribution >= 0.6 is 0 Å². The molecule has 0 aromatic heterocycles. The Morgan fingerprint density at radius 1 is 0.625 bits per heavy atom. The van der Waals surface area contributed by atoms with Crippen LogP contribution in [0.4, 0.5) is 11.4 Å². The number of rotatable bonds is 5. The molecule has 2 aliphatic heterocycles. The SMILES string of the molecule is CN1C=CN(c2[c-]c(B(c3[c-]c(N4C=CN(C)[CH-]4)ccc3)c3ccccc3)ccc2)[CH-]1.[Pt+4]. The van der Waals surface area contributed by atoms with Crippen molar-refractivity contribution in [3.05, 3.63) is 117 Å². The topological polar surface area (TPSA) is 13.0 Å². The summed E-state index contributed by atoms with van der Waals surface area (Å²) in [6, 6.07) is 30.6. The maximum Gasteiger partial charge on any atom is 4.00 e. The van der Waals surface area contributed by atoms with Crippen molar-refractivity contribution in [1.82, 2.24) is 9.80 Å². The Morgan fingerprint density at radius 3 is 1.56 bits per heavy atom. The van der Waals surface area contributed by atoms with Gasteiger partial charge in [-0.15, -0.1) is 11.4 Å². The monoisotopic (exact) mass is 597 g/mol. The molecule has 160 valence electrons. The molecule has 0 aliphatic carbocycles. The van der Waals surface area contributed by atoms with Crippen molar-refractivity contribution >= 4 is 34.5 Å². The van der Waals surface area contributed by atoms with E-state index in [1.807, 2.05) is 62.0 Å². The molecule has 6 heteroatoms. The second kappa shape index (κ2) is 9.71. The minimum Gasteiger partial charge on any atom is -0.510 e. The maximum absolute atomic E-state index is 3.65. The summed E-state index contributed by atoms with van der Waals surface area (Å²) in [5, 5.41) is 0. The summed E-state index contributed by atoms with van der Waals surface area (Å²) >= 11 is 0. The van der Waals surface area contributed by atoms with Crippen LogP contribution in [0.5, 0.6) is 0 Å². The summed E-state index contributed by atoms with van der Waals surface area (Å²) < 4.78 is 0. The number of nitrogens with zero attached hydrogens (tertiary/aromatic N) is 4. The van der Waals surface area contributed by atoms with Crippen molar-refractivity contribution in [2.45, 2.75) is 0 Å². The van der Waals surface area contributed by atoms with E-state index in [4.69, 9.17) is 0 Å². The first-order valence-electron chi connectivity index (χ1n) is 10.3. The van der Waals surface area contributed by atoms with Crippen LogP contribution in [-0.4, -0.2) is 30.6 Å². The molecule has 0 atom stereocenters. The van der Waals surface area contributed by atoms with Crippen molar-refractivity contribution in [2.75, 3.05) is 23.9 Å². The second-order valence-corrected chi connectivity index (χ2v) is 7.80. The van der Waals surface area contributed by atoms with Gasteiger partial charge in [0.1, 0.15) is 0 Å². The van der Waals surface area contributed by atoms with E-state index in [-0.39, 0.29) is 27.8 Å². The predicted molar refractivity (Wildman–Crippen MR) is 129 cm³/mol. The molecule has 0 saturated heterocycles. The Bertz CT molecular complexity index is 1050. The maximum atomic E-state index is 3.65. The van der Waals surface area contributed by atoms with E-state index in [0.29, 0.717) is 0 Å². The summed E-state index contributed by atoms with van der Waals surface area (Å²) in [7, 11) is 4.05. The fraction of sp³-hybridized carbons (Fsp3) is 0.0769. The van der Waals surface area contributed by atoms with Crippen LogP contribution in [-0.2, 0) is 21.1 Å². The van der Waals surface area contributed by atoms with E-state index in [0.717, 1.165) is 22.3 Å². The number of anilines is 2. The van der Waals surface area contributed by atoms with Gasteiger partial charge in [0, 0.05) is 0 Å². The van der Waals surface area contributed by atoms with E-state index in [9.17, 15) is 0 Å². The van der Waals surface area contributed by atoms with Crippen molar-refractivity contribution in [1.29, 1.82) is 0 Å². The van der Waals surface area contributed by atoms with Gasteiger partial charge in [-0.05, 0) is 38.9 Å². The van der Waals surface area contributed by atoms with Gasteiger partial charge in [0.2, 0.25) is 0 Å². The third kappa shape index (κ3) is 4.63. The minimum absolute atomic E-state index is 0. The zero-order chi connectivity index (χ0) is 21.2. The molecule has 0 radical (unpaired) electrons. The van der Waals surface area contributed by atoms with Gasteiger partial charge in [-0.1, -0.05) is 35.8 Å². The molecule has 2 aliphatic rings. The van der Waals surface area contributed by atoms with Crippen LogP contribution in [0.15, 0.2) is 91.5 Å². The average Bonchev–Trinajstić information content (AvgIpc) is 3.44. The van der Waals surface area contributed by atoms with Crippen LogP contribution < -0.4 is 26.2 Å². The molecule has 32 heavy (non-hydrogen) atoms. The van der Waals surface area contributed by atoms with Crippen molar-refractivity contribution < 1.29 is 21.1 Å². The summed E-state index contributed by atoms with van der Waals surface area (Å²) in [5.41, 5.74) is 5.50. The second-order valence-electron chi connectivity index (χ2n) is 7.80. The molecule has 0 fully saturated rings. The molecule has 0 saturated carbocycles. The van der Waals surface area contributed by atoms with E-state index in [1.54, 1.807) is 0 Å². The van der Waals surface area contributed by atoms with Crippen LogP contribution in [0, 0.1) is 25.5 Å². The Kier molecular flexibility index (Phi) is 6.76. The van der Waals surface area contributed by atoms with Gasteiger partial charge in [0.15, 0.2) is 6.71 Å². The molecule has 0 N–H and O–H groups in total. The van der Waals surface area contributed by atoms with Gasteiger partial charge in [-0.3, -0.25) is 0 Å². The van der Waals surface area contributed by atoms with Gasteiger partial charge in [0.05, 0.1) is 0 Å². The summed E-state index contributed by atoms with van der Waals surface area (Å²) in [4.78, 5) is 8.24. The Hall–Kier alpha value is -2.91. The van der Waals surface area contributed by atoms with Gasteiger partial charge >= 0.3 is 21.1 Å². The number of hydrogen-bond donors (Lipinski definition) is 0. The fourth-order valence-corrected chi connectivity index (χ4v) is 3.94. The summed E-state index contributed by atoms with van der Waals surface area (Å²) in [6.07, 6.45) is 8.16. The quantitative estimate of drug-likeness (QED) is 0.331. The van der Waals surface area contributed by atoms with Crippen LogP contribution in [0.1, 0.15) is 0 Å². The third-order valence-electron chi connectivity index (χ3n) is 5.45. The van der Waals surface area contributed by atoms with Crippen LogP contribution in [0.3, 0.4) is 0 Å². The number of benzene rings is 3. The first-order chi connectivity index (χ1) is 15.2. The van der Waals surface area contributed by atoms with Gasteiger partial charge in [-0.2, -0.15) is 72.8 Å². The minimum atomic E-state index is 0. The zero-order valence-electron chi connectivity index (χ0n) is 18.0. The van der Waals surface area contributed by atoms with E-state index in [1.165, 1.54) is 5.46 Å². The van der Waals surface area contributed by atoms with Crippen molar-refractivity contribution in [3.8, 4) is 0 Å². The Morgan fingerprint density at radius 2 is 1.12 bits per heavy atom. The molecule has 5 rings (SSSR count). The van der Waals surface area contributed by atoms with Crippen LogP contribution in [0.25, 0.3) is 0 Å². The van der Waals surface area contributed by atoms with Gasteiger partial charge in [0.25, 0.3) is 0 Å². The molecule has 0 unspecified atom stereocenters. The van der Waals surface area contributed by atoms with Crippen molar-refractivity contribution in [3.63, 3.8) is 0 Å². The molecule has 0 amide bonds. The van der Waals surface area contributed by atoms with E-state index < -0.39 is 0 Å². The molecule has 4 nitrogen and oxygen atoms in total. The number of hydrogen-bond acceptors (Lipinski definition) is 4. The predicted octanol–water partition coefficient (Wildman–Crippen LogP) is 2.49. The smallest absolute Gasteiger partial charge is 0.510 e. The first-order valence-corrected chi connectivity index (χ1v) is 10.3. The standard InChI is InChI=1S/C26H23BN4.Pt/c1-28-14-16-30(20-28)25-12-6-10-23(18-25)27(22-8-4-3-5-9-22)24-11-7-13-26(19-24)31-17-15-29(2)21-31;/h3-17,20-21H,1-2H3;/q-4;+4. The molecule has 3 aromatic rings.